The highest BCUT2D eigenvalue weighted by Crippen LogP contribution is 2.34. The lowest BCUT2D eigenvalue weighted by Gasteiger charge is -2.14. The van der Waals surface area contributed by atoms with E-state index < -0.39 is 0 Å². The Hall–Kier alpha value is -1.91. The van der Waals surface area contributed by atoms with Crippen molar-refractivity contribution in [2.45, 2.75) is 13.5 Å². The third kappa shape index (κ3) is 4.09. The van der Waals surface area contributed by atoms with Crippen molar-refractivity contribution in [3.8, 4) is 0 Å². The van der Waals surface area contributed by atoms with Crippen LogP contribution >= 0.6 is 23.2 Å². The van der Waals surface area contributed by atoms with Gasteiger partial charge < -0.3 is 16.0 Å². The minimum atomic E-state index is 0.556. The molecule has 0 aliphatic carbocycles. The van der Waals surface area contributed by atoms with E-state index in [4.69, 9.17) is 23.2 Å². The largest absolute Gasteiger partial charge is 0.381 e. The molecule has 3 rings (SSSR count). The van der Waals surface area contributed by atoms with Gasteiger partial charge in [0.1, 0.15) is 0 Å². The highest BCUT2D eigenvalue weighted by Gasteiger charge is 2.12. The average Bonchev–Trinajstić information content (AvgIpc) is 3.03. The Morgan fingerprint density at radius 2 is 1.83 bits per heavy atom. The summed E-state index contributed by atoms with van der Waals surface area (Å²) in [6, 6.07) is 12.1. The highest BCUT2D eigenvalue weighted by atomic mass is 35.5. The molecule has 0 fully saturated rings. The van der Waals surface area contributed by atoms with Gasteiger partial charge in [0.2, 0.25) is 0 Å². The first-order valence-electron chi connectivity index (χ1n) is 7.45. The molecule has 3 N–H and O–H groups in total. The number of halogens is 2. The van der Waals surface area contributed by atoms with Crippen molar-refractivity contribution in [2.75, 3.05) is 23.7 Å². The quantitative estimate of drug-likeness (QED) is 0.772. The maximum absolute atomic E-state index is 6.35. The Morgan fingerprint density at radius 1 is 1.13 bits per heavy atom. The summed E-state index contributed by atoms with van der Waals surface area (Å²) in [4.78, 5) is 4.28. The fourth-order valence-corrected chi connectivity index (χ4v) is 2.89. The number of benzene rings is 2. The van der Waals surface area contributed by atoms with Crippen LogP contribution in [0.15, 0.2) is 41.4 Å². The molecule has 1 aliphatic heterocycles. The van der Waals surface area contributed by atoms with E-state index in [2.05, 4.69) is 52.1 Å². The molecule has 0 saturated heterocycles. The minimum Gasteiger partial charge on any atom is -0.381 e. The molecule has 1 heterocycles. The molecule has 2 aromatic rings. The van der Waals surface area contributed by atoms with Crippen LogP contribution in [0.25, 0.3) is 0 Å². The highest BCUT2D eigenvalue weighted by molar-refractivity contribution is 6.40. The Labute approximate surface area is 145 Å². The lowest BCUT2D eigenvalue weighted by atomic mass is 10.1. The third-order valence-electron chi connectivity index (χ3n) is 3.58. The Balaban J connectivity index is 1.70. The molecule has 0 bridgehead atoms. The fraction of sp³-hybridized carbons (Fsp3) is 0.235. The SMILES string of the molecule is Cc1ccc(CNc2cc(Cl)c(NC3=NCCN3)c(Cl)c2)cc1. The number of nitrogens with one attached hydrogen (secondary N) is 3. The van der Waals surface area contributed by atoms with Crippen LogP contribution < -0.4 is 16.0 Å². The van der Waals surface area contributed by atoms with Crippen LogP contribution in [0.5, 0.6) is 0 Å². The number of nitrogens with zero attached hydrogens (tertiary/aromatic N) is 1. The van der Waals surface area contributed by atoms with Crippen molar-refractivity contribution >= 4 is 40.5 Å². The summed E-state index contributed by atoms with van der Waals surface area (Å²) in [6.45, 7) is 4.38. The Morgan fingerprint density at radius 3 is 2.43 bits per heavy atom. The van der Waals surface area contributed by atoms with Crippen molar-refractivity contribution in [3.63, 3.8) is 0 Å². The molecule has 1 aliphatic rings. The number of hydrogen-bond donors (Lipinski definition) is 3. The zero-order valence-electron chi connectivity index (χ0n) is 12.8. The Kier molecular flexibility index (Phi) is 4.94. The molecule has 0 spiro atoms. The number of rotatable bonds is 4. The maximum atomic E-state index is 6.35. The molecule has 6 heteroatoms. The van der Waals surface area contributed by atoms with Gasteiger partial charge in [0, 0.05) is 18.8 Å². The lowest BCUT2D eigenvalue weighted by Crippen LogP contribution is -2.26. The maximum Gasteiger partial charge on any atom is 0.196 e. The average molecular weight is 349 g/mol. The molecule has 0 aromatic heterocycles. The van der Waals surface area contributed by atoms with Crippen molar-refractivity contribution in [1.29, 1.82) is 0 Å². The molecule has 0 radical (unpaired) electrons. The van der Waals surface area contributed by atoms with Gasteiger partial charge >= 0.3 is 0 Å². The molecule has 0 atom stereocenters. The third-order valence-corrected chi connectivity index (χ3v) is 4.17. The van der Waals surface area contributed by atoms with E-state index in [1.807, 2.05) is 12.1 Å². The summed E-state index contributed by atoms with van der Waals surface area (Å²) < 4.78 is 0. The van der Waals surface area contributed by atoms with Gasteiger partial charge in [-0.25, -0.2) is 0 Å². The van der Waals surface area contributed by atoms with Gasteiger partial charge in [0.05, 0.1) is 22.3 Å². The van der Waals surface area contributed by atoms with Crippen LogP contribution in [0.4, 0.5) is 11.4 Å². The standard InChI is InChI=1S/C17H18Cl2N4/c1-11-2-4-12(5-3-11)10-22-13-8-14(18)16(15(19)9-13)23-17-20-6-7-21-17/h2-5,8-9,22H,6-7,10H2,1H3,(H2,20,21,23). The normalized spacial score (nSPS) is 13.4. The van der Waals surface area contributed by atoms with Gasteiger partial charge in [0.15, 0.2) is 5.96 Å². The number of guanidine groups is 1. The topological polar surface area (TPSA) is 48.5 Å². The smallest absolute Gasteiger partial charge is 0.196 e. The fourth-order valence-electron chi connectivity index (χ4n) is 2.30. The van der Waals surface area contributed by atoms with Crippen molar-refractivity contribution < 1.29 is 0 Å². The molecule has 120 valence electrons. The summed E-state index contributed by atoms with van der Waals surface area (Å²) in [6.07, 6.45) is 0. The van der Waals surface area contributed by atoms with E-state index in [1.165, 1.54) is 11.1 Å². The van der Waals surface area contributed by atoms with Crippen LogP contribution in [0.3, 0.4) is 0 Å². The van der Waals surface area contributed by atoms with Crippen molar-refractivity contribution in [2.24, 2.45) is 4.99 Å². The predicted octanol–water partition coefficient (Wildman–Crippen LogP) is 4.29. The second kappa shape index (κ2) is 7.11. The molecule has 0 amide bonds. The van der Waals surface area contributed by atoms with Gasteiger partial charge in [-0.3, -0.25) is 4.99 Å². The summed E-state index contributed by atoms with van der Waals surface area (Å²) >= 11 is 12.7. The first-order valence-corrected chi connectivity index (χ1v) is 8.21. The van der Waals surface area contributed by atoms with Crippen LogP contribution in [0.1, 0.15) is 11.1 Å². The van der Waals surface area contributed by atoms with E-state index in [0.717, 1.165) is 18.8 Å². The second-order valence-corrected chi connectivity index (χ2v) is 6.25. The molecular weight excluding hydrogens is 331 g/mol. The van der Waals surface area contributed by atoms with Gasteiger partial charge in [0.25, 0.3) is 0 Å². The monoisotopic (exact) mass is 348 g/mol. The predicted molar refractivity (Wildman–Crippen MR) is 98.9 cm³/mol. The first-order chi connectivity index (χ1) is 11.1. The Bertz CT molecular complexity index is 703. The molecule has 2 aromatic carbocycles. The zero-order valence-corrected chi connectivity index (χ0v) is 14.3. The minimum absolute atomic E-state index is 0.556. The summed E-state index contributed by atoms with van der Waals surface area (Å²) in [5.74, 6) is 0.703. The number of anilines is 2. The van der Waals surface area contributed by atoms with E-state index in [1.54, 1.807) is 0 Å². The van der Waals surface area contributed by atoms with E-state index in [0.29, 0.717) is 28.2 Å². The van der Waals surface area contributed by atoms with Crippen LogP contribution in [0, 0.1) is 6.92 Å². The summed E-state index contributed by atoms with van der Waals surface area (Å²) in [5, 5.41) is 10.7. The molecule has 23 heavy (non-hydrogen) atoms. The second-order valence-electron chi connectivity index (χ2n) is 5.44. The van der Waals surface area contributed by atoms with E-state index in [9.17, 15) is 0 Å². The van der Waals surface area contributed by atoms with Gasteiger partial charge in [-0.2, -0.15) is 0 Å². The van der Waals surface area contributed by atoms with Crippen LogP contribution in [-0.4, -0.2) is 19.0 Å². The lowest BCUT2D eigenvalue weighted by molar-refractivity contribution is 0.959. The summed E-state index contributed by atoms with van der Waals surface area (Å²) in [7, 11) is 0. The number of aryl methyl sites for hydroxylation is 1. The molecule has 4 nitrogen and oxygen atoms in total. The molecule has 0 saturated carbocycles. The molecular formula is C17H18Cl2N4. The first kappa shape index (κ1) is 16.0. The van der Waals surface area contributed by atoms with Crippen LogP contribution in [0.2, 0.25) is 10.0 Å². The zero-order chi connectivity index (χ0) is 16.2. The van der Waals surface area contributed by atoms with E-state index in [-0.39, 0.29) is 0 Å². The summed E-state index contributed by atoms with van der Waals surface area (Å²) in [5.41, 5.74) is 4.00. The van der Waals surface area contributed by atoms with Gasteiger partial charge in [-0.1, -0.05) is 53.0 Å². The van der Waals surface area contributed by atoms with Crippen molar-refractivity contribution in [1.82, 2.24) is 5.32 Å². The molecule has 0 unspecified atom stereocenters. The van der Waals surface area contributed by atoms with Gasteiger partial charge in [-0.05, 0) is 24.6 Å². The van der Waals surface area contributed by atoms with Crippen molar-refractivity contribution in [3.05, 3.63) is 57.6 Å². The van der Waals surface area contributed by atoms with Crippen LogP contribution in [-0.2, 0) is 6.54 Å². The number of hydrogen-bond acceptors (Lipinski definition) is 4. The van der Waals surface area contributed by atoms with Gasteiger partial charge in [-0.15, -0.1) is 0 Å². The van der Waals surface area contributed by atoms with E-state index >= 15 is 0 Å². The number of aliphatic imine (C=N–C) groups is 1.